The Morgan fingerprint density at radius 2 is 1.88 bits per heavy atom. The molecule has 132 valence electrons. The molecule has 6 heteroatoms. The number of hydrogen-bond acceptors (Lipinski definition) is 4. The van der Waals surface area contributed by atoms with Gasteiger partial charge in [0, 0.05) is 11.8 Å². The SMILES string of the molecule is CC(C)COc1ccc(Cc2nc3c4ccccc4[nH]c(=O)n3n2)cc1. The van der Waals surface area contributed by atoms with Crippen LogP contribution in [0.2, 0.25) is 0 Å². The Labute approximate surface area is 150 Å². The van der Waals surface area contributed by atoms with Gasteiger partial charge in [-0.15, -0.1) is 5.10 Å². The summed E-state index contributed by atoms with van der Waals surface area (Å²) in [5.74, 6) is 1.96. The summed E-state index contributed by atoms with van der Waals surface area (Å²) in [6.07, 6.45) is 0.555. The van der Waals surface area contributed by atoms with Crippen molar-refractivity contribution < 1.29 is 4.74 Å². The van der Waals surface area contributed by atoms with Crippen molar-refractivity contribution in [3.63, 3.8) is 0 Å². The third-order valence-corrected chi connectivity index (χ3v) is 4.12. The van der Waals surface area contributed by atoms with E-state index >= 15 is 0 Å². The fourth-order valence-corrected chi connectivity index (χ4v) is 2.85. The van der Waals surface area contributed by atoms with Gasteiger partial charge < -0.3 is 9.72 Å². The van der Waals surface area contributed by atoms with E-state index < -0.39 is 0 Å². The van der Waals surface area contributed by atoms with Crippen molar-refractivity contribution >= 4 is 16.6 Å². The number of para-hydroxylation sites is 1. The molecule has 2 heterocycles. The number of hydrogen-bond donors (Lipinski definition) is 1. The molecule has 0 bridgehead atoms. The number of H-pyrrole nitrogens is 1. The van der Waals surface area contributed by atoms with Crippen molar-refractivity contribution in [3.05, 3.63) is 70.4 Å². The fourth-order valence-electron chi connectivity index (χ4n) is 2.85. The molecule has 0 fully saturated rings. The first-order chi connectivity index (χ1) is 12.6. The van der Waals surface area contributed by atoms with Gasteiger partial charge in [-0.25, -0.2) is 9.78 Å². The van der Waals surface area contributed by atoms with E-state index in [1.165, 1.54) is 4.52 Å². The Bertz CT molecular complexity index is 1110. The molecule has 0 saturated carbocycles. The minimum absolute atomic E-state index is 0.283. The summed E-state index contributed by atoms with van der Waals surface area (Å²) in [5.41, 5.74) is 2.13. The maximum atomic E-state index is 12.2. The Morgan fingerprint density at radius 3 is 2.65 bits per heavy atom. The molecule has 2 aromatic carbocycles. The average Bonchev–Trinajstić information content (AvgIpc) is 3.06. The number of aromatic nitrogens is 4. The zero-order valence-corrected chi connectivity index (χ0v) is 14.8. The second kappa shape index (κ2) is 6.63. The van der Waals surface area contributed by atoms with Gasteiger partial charge in [0.1, 0.15) is 5.75 Å². The molecule has 0 aliphatic rings. The average molecular weight is 348 g/mol. The molecule has 0 saturated heterocycles. The normalized spacial score (nSPS) is 11.5. The van der Waals surface area contributed by atoms with Crippen LogP contribution in [-0.4, -0.2) is 26.2 Å². The molecule has 1 N–H and O–H groups in total. The number of ether oxygens (including phenoxy) is 1. The summed E-state index contributed by atoms with van der Waals surface area (Å²) >= 11 is 0. The van der Waals surface area contributed by atoms with Crippen LogP contribution in [0.15, 0.2) is 53.3 Å². The van der Waals surface area contributed by atoms with Gasteiger partial charge in [0.2, 0.25) is 0 Å². The van der Waals surface area contributed by atoms with E-state index in [-0.39, 0.29) is 5.69 Å². The lowest BCUT2D eigenvalue weighted by molar-refractivity contribution is 0.271. The van der Waals surface area contributed by atoms with Gasteiger partial charge >= 0.3 is 5.69 Å². The van der Waals surface area contributed by atoms with Gasteiger partial charge in [-0.05, 0) is 35.7 Å². The predicted molar refractivity (Wildman–Crippen MR) is 101 cm³/mol. The van der Waals surface area contributed by atoms with Gasteiger partial charge in [-0.1, -0.05) is 38.1 Å². The Kier molecular flexibility index (Phi) is 4.16. The van der Waals surface area contributed by atoms with E-state index in [0.717, 1.165) is 22.2 Å². The maximum absolute atomic E-state index is 12.2. The molecule has 0 amide bonds. The number of benzene rings is 2. The smallest absolute Gasteiger partial charge is 0.348 e. The predicted octanol–water partition coefficient (Wildman–Crippen LogP) is 3.20. The number of rotatable bonds is 5. The second-order valence-electron chi connectivity index (χ2n) is 6.76. The van der Waals surface area contributed by atoms with E-state index in [2.05, 4.69) is 28.9 Å². The van der Waals surface area contributed by atoms with E-state index in [1.54, 1.807) is 0 Å². The molecular formula is C20H20N4O2. The Hall–Kier alpha value is -3.15. The van der Waals surface area contributed by atoms with Crippen molar-refractivity contribution in [2.45, 2.75) is 20.3 Å². The zero-order chi connectivity index (χ0) is 18.1. The molecule has 0 unspecified atom stereocenters. The molecule has 0 atom stereocenters. The van der Waals surface area contributed by atoms with Gasteiger partial charge in [-0.3, -0.25) is 0 Å². The molecule has 0 radical (unpaired) electrons. The van der Waals surface area contributed by atoms with Crippen molar-refractivity contribution in [1.82, 2.24) is 19.6 Å². The van der Waals surface area contributed by atoms with Crippen molar-refractivity contribution in [3.8, 4) is 5.75 Å². The highest BCUT2D eigenvalue weighted by molar-refractivity contribution is 5.90. The number of nitrogens with zero attached hydrogens (tertiary/aromatic N) is 3. The van der Waals surface area contributed by atoms with Gasteiger partial charge in [-0.2, -0.15) is 4.52 Å². The van der Waals surface area contributed by atoms with Crippen LogP contribution in [-0.2, 0) is 6.42 Å². The van der Waals surface area contributed by atoms with E-state index in [0.29, 0.717) is 30.4 Å². The molecule has 26 heavy (non-hydrogen) atoms. The van der Waals surface area contributed by atoms with Crippen molar-refractivity contribution in [2.24, 2.45) is 5.92 Å². The van der Waals surface area contributed by atoms with Gasteiger partial charge in [0.25, 0.3) is 0 Å². The highest BCUT2D eigenvalue weighted by atomic mass is 16.5. The number of aromatic amines is 1. The second-order valence-corrected chi connectivity index (χ2v) is 6.76. The molecule has 0 aliphatic heterocycles. The third kappa shape index (κ3) is 3.18. The quantitative estimate of drug-likeness (QED) is 0.601. The van der Waals surface area contributed by atoms with E-state index in [9.17, 15) is 4.79 Å². The van der Waals surface area contributed by atoms with Crippen LogP contribution < -0.4 is 10.4 Å². The zero-order valence-electron chi connectivity index (χ0n) is 14.8. The summed E-state index contributed by atoms with van der Waals surface area (Å²) in [6, 6.07) is 15.5. The molecular weight excluding hydrogens is 328 g/mol. The van der Waals surface area contributed by atoms with E-state index in [4.69, 9.17) is 4.74 Å². The van der Waals surface area contributed by atoms with Crippen LogP contribution in [0.25, 0.3) is 16.6 Å². The van der Waals surface area contributed by atoms with Crippen LogP contribution >= 0.6 is 0 Å². The molecule has 4 rings (SSSR count). The molecule has 4 aromatic rings. The highest BCUT2D eigenvalue weighted by Gasteiger charge is 2.11. The van der Waals surface area contributed by atoms with Crippen LogP contribution in [0, 0.1) is 5.92 Å². The summed E-state index contributed by atoms with van der Waals surface area (Å²) in [5, 5.41) is 5.25. The van der Waals surface area contributed by atoms with Crippen LogP contribution in [0.4, 0.5) is 0 Å². The number of fused-ring (bicyclic) bond motifs is 3. The molecule has 0 spiro atoms. The summed E-state index contributed by atoms with van der Waals surface area (Å²) in [6.45, 7) is 4.94. The Morgan fingerprint density at radius 1 is 1.12 bits per heavy atom. The Balaban J connectivity index is 1.62. The van der Waals surface area contributed by atoms with E-state index in [1.807, 2.05) is 48.5 Å². The molecule has 0 aliphatic carbocycles. The lowest BCUT2D eigenvalue weighted by Gasteiger charge is -2.08. The minimum atomic E-state index is -0.283. The molecule has 2 aromatic heterocycles. The standard InChI is InChI=1S/C20H20N4O2/c1-13(2)12-26-15-9-7-14(8-10-15)11-18-22-19-16-5-3-4-6-17(16)21-20(25)24(19)23-18/h3-10,13H,11-12H2,1-2H3,(H,21,25). The highest BCUT2D eigenvalue weighted by Crippen LogP contribution is 2.17. The lowest BCUT2D eigenvalue weighted by atomic mass is 10.1. The van der Waals surface area contributed by atoms with Gasteiger partial charge in [0.05, 0.1) is 12.1 Å². The van der Waals surface area contributed by atoms with Crippen LogP contribution in [0.1, 0.15) is 25.2 Å². The molecule has 6 nitrogen and oxygen atoms in total. The first kappa shape index (κ1) is 16.3. The largest absolute Gasteiger partial charge is 0.493 e. The van der Waals surface area contributed by atoms with Crippen LogP contribution in [0.3, 0.4) is 0 Å². The lowest BCUT2D eigenvalue weighted by Crippen LogP contribution is -2.17. The van der Waals surface area contributed by atoms with Crippen molar-refractivity contribution in [1.29, 1.82) is 0 Å². The summed E-state index contributed by atoms with van der Waals surface area (Å²) in [4.78, 5) is 19.6. The minimum Gasteiger partial charge on any atom is -0.493 e. The maximum Gasteiger partial charge on any atom is 0.348 e. The first-order valence-corrected chi connectivity index (χ1v) is 8.68. The number of nitrogens with one attached hydrogen (secondary N) is 1. The topological polar surface area (TPSA) is 72.3 Å². The van der Waals surface area contributed by atoms with Gasteiger partial charge in [0.15, 0.2) is 11.5 Å². The fraction of sp³-hybridized carbons (Fsp3) is 0.250. The third-order valence-electron chi connectivity index (χ3n) is 4.12. The first-order valence-electron chi connectivity index (χ1n) is 8.68. The summed E-state index contributed by atoms with van der Waals surface area (Å²) in [7, 11) is 0. The monoisotopic (exact) mass is 348 g/mol. The van der Waals surface area contributed by atoms with Crippen molar-refractivity contribution in [2.75, 3.05) is 6.61 Å². The van der Waals surface area contributed by atoms with Crippen LogP contribution in [0.5, 0.6) is 5.75 Å². The summed E-state index contributed by atoms with van der Waals surface area (Å²) < 4.78 is 7.03.